The van der Waals surface area contributed by atoms with Gasteiger partial charge in [0.05, 0.1) is 11.1 Å². The van der Waals surface area contributed by atoms with Crippen LogP contribution in [-0.2, 0) is 17.1 Å². The SMILES string of the molecule is CCC(C)C(NC(=O)Nc1cc(C(F)(F)F)cc(C(F)(F)F)c1)C(=O)Nc1nnc(-c2cccc(Br)c2)s1. The first-order valence-electron chi connectivity index (χ1n) is 10.9. The fraction of sp³-hybridized carbons (Fsp3) is 0.304. The van der Waals surface area contributed by atoms with E-state index in [0.29, 0.717) is 23.6 Å². The molecule has 0 spiro atoms. The molecule has 0 aliphatic rings. The van der Waals surface area contributed by atoms with E-state index in [4.69, 9.17) is 0 Å². The van der Waals surface area contributed by atoms with Gasteiger partial charge in [-0.25, -0.2) is 4.79 Å². The minimum atomic E-state index is -5.08. The third-order valence-electron chi connectivity index (χ3n) is 5.35. The molecule has 0 bridgehead atoms. The van der Waals surface area contributed by atoms with E-state index in [1.54, 1.807) is 32.0 Å². The van der Waals surface area contributed by atoms with Crippen LogP contribution in [0.15, 0.2) is 46.9 Å². The molecule has 3 rings (SSSR count). The molecule has 38 heavy (non-hydrogen) atoms. The van der Waals surface area contributed by atoms with Crippen LogP contribution in [0.1, 0.15) is 31.4 Å². The van der Waals surface area contributed by atoms with Crippen molar-refractivity contribution >= 4 is 50.0 Å². The minimum Gasteiger partial charge on any atom is -0.326 e. The van der Waals surface area contributed by atoms with Crippen LogP contribution >= 0.6 is 27.3 Å². The number of hydrogen-bond donors (Lipinski definition) is 3. The van der Waals surface area contributed by atoms with E-state index in [1.807, 2.05) is 11.4 Å². The van der Waals surface area contributed by atoms with Crippen molar-refractivity contribution < 1.29 is 35.9 Å². The van der Waals surface area contributed by atoms with Crippen molar-refractivity contribution in [2.75, 3.05) is 10.6 Å². The second-order valence-electron chi connectivity index (χ2n) is 8.17. The van der Waals surface area contributed by atoms with E-state index in [9.17, 15) is 35.9 Å². The van der Waals surface area contributed by atoms with E-state index < -0.39 is 53.1 Å². The number of aromatic nitrogens is 2. The Labute approximate surface area is 225 Å². The van der Waals surface area contributed by atoms with E-state index in [0.717, 1.165) is 21.4 Å². The van der Waals surface area contributed by atoms with Crippen LogP contribution in [0.3, 0.4) is 0 Å². The van der Waals surface area contributed by atoms with Gasteiger partial charge in [0.2, 0.25) is 11.0 Å². The van der Waals surface area contributed by atoms with Crippen LogP contribution < -0.4 is 16.0 Å². The number of alkyl halides is 6. The molecule has 2 aromatic carbocycles. The highest BCUT2D eigenvalue weighted by Crippen LogP contribution is 2.37. The van der Waals surface area contributed by atoms with Gasteiger partial charge in [-0.3, -0.25) is 10.1 Å². The second-order valence-corrected chi connectivity index (χ2v) is 10.1. The lowest BCUT2D eigenvalue weighted by Gasteiger charge is -2.23. The number of halogens is 7. The fourth-order valence-electron chi connectivity index (χ4n) is 3.23. The van der Waals surface area contributed by atoms with Gasteiger partial charge in [-0.2, -0.15) is 26.3 Å². The van der Waals surface area contributed by atoms with E-state index >= 15 is 0 Å². The number of urea groups is 1. The molecule has 15 heteroatoms. The average Bonchev–Trinajstić information content (AvgIpc) is 3.29. The fourth-order valence-corrected chi connectivity index (χ4v) is 4.37. The molecular formula is C23H20BrF6N5O2S. The molecule has 3 N–H and O–H groups in total. The largest absolute Gasteiger partial charge is 0.416 e. The summed E-state index contributed by atoms with van der Waals surface area (Å²) >= 11 is 4.42. The third-order valence-corrected chi connectivity index (χ3v) is 6.74. The lowest BCUT2D eigenvalue weighted by Crippen LogP contribution is -2.49. The molecule has 7 nitrogen and oxygen atoms in total. The van der Waals surface area contributed by atoms with Crippen LogP contribution in [0.2, 0.25) is 0 Å². The van der Waals surface area contributed by atoms with Gasteiger partial charge in [-0.05, 0) is 36.2 Å². The molecule has 0 saturated heterocycles. The topological polar surface area (TPSA) is 96.0 Å². The number of carbonyl (C=O) groups excluding carboxylic acids is 2. The first kappa shape index (κ1) is 29.4. The Balaban J connectivity index is 1.76. The minimum absolute atomic E-state index is 0.0526. The van der Waals surface area contributed by atoms with Crippen LogP contribution in [0, 0.1) is 5.92 Å². The van der Waals surface area contributed by atoms with Gasteiger partial charge in [0.25, 0.3) is 0 Å². The first-order chi connectivity index (χ1) is 17.7. The quantitative estimate of drug-likeness (QED) is 0.243. The summed E-state index contributed by atoms with van der Waals surface area (Å²) in [6.45, 7) is 3.38. The number of nitrogens with zero attached hydrogens (tertiary/aromatic N) is 2. The van der Waals surface area contributed by atoms with Crippen molar-refractivity contribution in [3.63, 3.8) is 0 Å². The Bertz CT molecular complexity index is 1280. The van der Waals surface area contributed by atoms with Gasteiger partial charge in [0.1, 0.15) is 11.0 Å². The molecule has 204 valence electrons. The Kier molecular flexibility index (Phi) is 9.02. The zero-order valence-electron chi connectivity index (χ0n) is 19.7. The second kappa shape index (κ2) is 11.7. The summed E-state index contributed by atoms with van der Waals surface area (Å²) < 4.78 is 79.5. The number of nitrogens with one attached hydrogen (secondary N) is 3. The van der Waals surface area contributed by atoms with Gasteiger partial charge in [0.15, 0.2) is 0 Å². The Hall–Kier alpha value is -3.20. The smallest absolute Gasteiger partial charge is 0.326 e. The summed E-state index contributed by atoms with van der Waals surface area (Å²) in [5.41, 5.74) is -3.17. The van der Waals surface area contributed by atoms with Crippen LogP contribution in [0.5, 0.6) is 0 Å². The number of anilines is 2. The molecule has 0 fully saturated rings. The summed E-state index contributed by atoms with van der Waals surface area (Å²) in [5.74, 6) is -1.14. The molecule has 3 aromatic rings. The van der Waals surface area contributed by atoms with Crippen molar-refractivity contribution in [2.24, 2.45) is 5.92 Å². The number of hydrogen-bond acceptors (Lipinski definition) is 5. The molecule has 3 amide bonds. The van der Waals surface area contributed by atoms with E-state index in [-0.39, 0.29) is 11.2 Å². The number of carbonyl (C=O) groups is 2. The molecule has 2 atom stereocenters. The highest BCUT2D eigenvalue weighted by atomic mass is 79.9. The number of benzene rings is 2. The van der Waals surface area contributed by atoms with Crippen molar-refractivity contribution in [1.82, 2.24) is 15.5 Å². The molecule has 1 aromatic heterocycles. The summed E-state index contributed by atoms with van der Waals surface area (Å²) in [6, 6.07) is 5.56. The van der Waals surface area contributed by atoms with Gasteiger partial charge < -0.3 is 10.6 Å². The third kappa shape index (κ3) is 7.66. The van der Waals surface area contributed by atoms with Crippen molar-refractivity contribution in [1.29, 1.82) is 0 Å². The molecule has 2 unspecified atom stereocenters. The maximum atomic E-state index is 13.1. The van der Waals surface area contributed by atoms with Crippen LogP contribution in [0.4, 0.5) is 42.0 Å². The zero-order valence-corrected chi connectivity index (χ0v) is 22.1. The van der Waals surface area contributed by atoms with Gasteiger partial charge >= 0.3 is 18.4 Å². The molecule has 0 radical (unpaired) electrons. The Morgan fingerprint density at radius 1 is 0.974 bits per heavy atom. The molecule has 1 heterocycles. The molecule has 0 saturated carbocycles. The Morgan fingerprint density at radius 3 is 2.16 bits per heavy atom. The summed E-state index contributed by atoms with van der Waals surface area (Å²) in [7, 11) is 0. The van der Waals surface area contributed by atoms with Crippen molar-refractivity contribution in [3.05, 3.63) is 58.1 Å². The monoisotopic (exact) mass is 623 g/mol. The first-order valence-corrected chi connectivity index (χ1v) is 12.6. The molecular weight excluding hydrogens is 604 g/mol. The van der Waals surface area contributed by atoms with Gasteiger partial charge in [-0.15, -0.1) is 10.2 Å². The molecule has 0 aliphatic carbocycles. The predicted octanol–water partition coefficient (Wildman–Crippen LogP) is 7.18. The number of rotatable bonds is 7. The molecule has 0 aliphatic heterocycles. The summed E-state index contributed by atoms with van der Waals surface area (Å²) in [6.07, 6.45) is -9.74. The average molecular weight is 624 g/mol. The standard InChI is InChI=1S/C23H20BrF6N5O2S/c1-3-11(2)17(18(36)33-21-35-34-19(38-21)12-5-4-6-15(24)7-12)32-20(37)31-16-9-13(22(25,26)27)8-14(10-16)23(28,29)30/h4-11,17H,3H2,1-2H3,(H2,31,32,37)(H,33,35,36). The van der Waals surface area contributed by atoms with Gasteiger partial charge in [0, 0.05) is 15.7 Å². The Morgan fingerprint density at radius 2 is 1.61 bits per heavy atom. The van der Waals surface area contributed by atoms with Crippen molar-refractivity contribution in [3.8, 4) is 10.6 Å². The van der Waals surface area contributed by atoms with E-state index in [2.05, 4.69) is 36.8 Å². The van der Waals surface area contributed by atoms with E-state index in [1.165, 1.54) is 0 Å². The van der Waals surface area contributed by atoms with Gasteiger partial charge in [-0.1, -0.05) is 59.7 Å². The summed E-state index contributed by atoms with van der Waals surface area (Å²) in [4.78, 5) is 25.5. The normalized spacial score (nSPS) is 13.5. The predicted molar refractivity (Wildman–Crippen MR) is 134 cm³/mol. The highest BCUT2D eigenvalue weighted by Gasteiger charge is 2.37. The lowest BCUT2D eigenvalue weighted by molar-refractivity contribution is -0.143. The highest BCUT2D eigenvalue weighted by molar-refractivity contribution is 9.10. The lowest BCUT2D eigenvalue weighted by atomic mass is 9.98. The number of amides is 3. The summed E-state index contributed by atoms with van der Waals surface area (Å²) in [5, 5.41) is 15.4. The maximum Gasteiger partial charge on any atom is 0.416 e. The van der Waals surface area contributed by atoms with Crippen LogP contribution in [-0.4, -0.2) is 28.2 Å². The van der Waals surface area contributed by atoms with Crippen molar-refractivity contribution in [2.45, 2.75) is 38.7 Å². The zero-order chi connectivity index (χ0) is 28.3. The van der Waals surface area contributed by atoms with Crippen LogP contribution in [0.25, 0.3) is 10.6 Å². The maximum absolute atomic E-state index is 13.1.